The molecule has 1 saturated carbocycles. The van der Waals surface area contributed by atoms with Crippen molar-refractivity contribution in [2.75, 3.05) is 7.11 Å². The van der Waals surface area contributed by atoms with Crippen LogP contribution in [0.25, 0.3) is 0 Å². The second kappa shape index (κ2) is 8.70. The first kappa shape index (κ1) is 21.8. The average Bonchev–Trinajstić information content (AvgIpc) is 3.42. The minimum atomic E-state index is -3.96. The molecule has 0 aromatic heterocycles. The number of aliphatic hydroxyl groups is 1. The topological polar surface area (TPSA) is 113 Å². The van der Waals surface area contributed by atoms with Gasteiger partial charge in [0.1, 0.15) is 5.82 Å². The molecule has 2 rings (SSSR count). The van der Waals surface area contributed by atoms with E-state index in [2.05, 4.69) is 0 Å². The minimum absolute atomic E-state index is 0.0705. The van der Waals surface area contributed by atoms with Gasteiger partial charge < -0.3 is 5.11 Å². The van der Waals surface area contributed by atoms with Crippen LogP contribution < -0.4 is 4.72 Å². The molecule has 0 atom stereocenters. The molecule has 0 unspecified atom stereocenters. The van der Waals surface area contributed by atoms with E-state index in [-0.39, 0.29) is 6.54 Å². The number of carbonyl (C=O) groups excluding carboxylic acids is 2. The molecule has 1 aromatic carbocycles. The number of rotatable bonds is 9. The van der Waals surface area contributed by atoms with Gasteiger partial charge >= 0.3 is 0 Å². The van der Waals surface area contributed by atoms with Crippen LogP contribution in [0.5, 0.6) is 0 Å². The molecule has 2 N–H and O–H groups in total. The standard InChI is InChI=1S/C18H23FN2O6S/c1-3-8-18(9-10-18)28(25,26)20-17(24)15(22)11-16(23)21(27-2)12-13-4-6-14(19)7-5-13/h4-7,11,22H,3,8-10,12H2,1-2H3,(H,20,24). The van der Waals surface area contributed by atoms with Crippen molar-refractivity contribution in [1.82, 2.24) is 9.79 Å². The molecule has 10 heteroatoms. The van der Waals surface area contributed by atoms with Crippen LogP contribution in [0, 0.1) is 5.82 Å². The Bertz CT molecular complexity index is 863. The van der Waals surface area contributed by atoms with Crippen molar-refractivity contribution >= 4 is 21.8 Å². The van der Waals surface area contributed by atoms with Crippen molar-refractivity contribution in [2.24, 2.45) is 0 Å². The van der Waals surface area contributed by atoms with E-state index >= 15 is 0 Å². The summed E-state index contributed by atoms with van der Waals surface area (Å²) in [5.74, 6) is -3.66. The molecule has 1 aliphatic rings. The van der Waals surface area contributed by atoms with Crippen molar-refractivity contribution in [3.8, 4) is 0 Å². The maximum absolute atomic E-state index is 12.9. The highest BCUT2D eigenvalue weighted by molar-refractivity contribution is 7.91. The SMILES string of the molecule is CCCC1(S(=O)(=O)NC(=O)C(O)=CC(=O)N(Cc2ccc(F)cc2)OC)CC1. The lowest BCUT2D eigenvalue weighted by atomic mass is 10.2. The van der Waals surface area contributed by atoms with Gasteiger partial charge in [0.25, 0.3) is 11.8 Å². The Morgan fingerprint density at radius 1 is 1.32 bits per heavy atom. The average molecular weight is 414 g/mol. The maximum atomic E-state index is 12.9. The van der Waals surface area contributed by atoms with Crippen LogP contribution >= 0.6 is 0 Å². The molecular weight excluding hydrogens is 391 g/mol. The molecule has 1 fully saturated rings. The van der Waals surface area contributed by atoms with Crippen LogP contribution in [-0.2, 0) is 31.0 Å². The second-order valence-electron chi connectivity index (χ2n) is 6.58. The summed E-state index contributed by atoms with van der Waals surface area (Å²) < 4.78 is 38.5. The Balaban J connectivity index is 2.04. The van der Waals surface area contributed by atoms with Gasteiger partial charge in [-0.1, -0.05) is 25.5 Å². The fraction of sp³-hybridized carbons (Fsp3) is 0.444. The van der Waals surface area contributed by atoms with Crippen molar-refractivity contribution < 1.29 is 32.3 Å². The number of hydrogen-bond acceptors (Lipinski definition) is 6. The third-order valence-corrected chi connectivity index (χ3v) is 6.72. The summed E-state index contributed by atoms with van der Waals surface area (Å²) in [5, 5.41) is 10.7. The maximum Gasteiger partial charge on any atom is 0.299 e. The largest absolute Gasteiger partial charge is 0.503 e. The molecule has 0 aliphatic heterocycles. The molecule has 0 radical (unpaired) electrons. The first-order chi connectivity index (χ1) is 13.1. The number of aliphatic hydroxyl groups excluding tert-OH is 1. The van der Waals surface area contributed by atoms with Crippen molar-refractivity contribution in [3.05, 3.63) is 47.5 Å². The Labute approximate surface area is 163 Å². The van der Waals surface area contributed by atoms with Crippen molar-refractivity contribution in [1.29, 1.82) is 0 Å². The number of nitrogens with zero attached hydrogens (tertiary/aromatic N) is 1. The van der Waals surface area contributed by atoms with E-state index in [1.165, 1.54) is 31.4 Å². The molecule has 1 aliphatic carbocycles. The van der Waals surface area contributed by atoms with Crippen molar-refractivity contribution in [2.45, 2.75) is 43.9 Å². The van der Waals surface area contributed by atoms with Gasteiger partial charge in [-0.05, 0) is 37.0 Å². The lowest BCUT2D eigenvalue weighted by Gasteiger charge is -2.18. The number of sulfonamides is 1. The zero-order valence-corrected chi connectivity index (χ0v) is 16.5. The normalized spacial score (nSPS) is 15.8. The van der Waals surface area contributed by atoms with Crippen LogP contribution in [0.1, 0.15) is 38.2 Å². The van der Waals surface area contributed by atoms with Crippen LogP contribution in [0.2, 0.25) is 0 Å². The summed E-state index contributed by atoms with van der Waals surface area (Å²) in [6.45, 7) is 1.77. The van der Waals surface area contributed by atoms with E-state index in [1.807, 2.05) is 11.6 Å². The fourth-order valence-corrected chi connectivity index (χ4v) is 4.45. The monoisotopic (exact) mass is 414 g/mol. The van der Waals surface area contributed by atoms with Gasteiger partial charge in [-0.15, -0.1) is 0 Å². The van der Waals surface area contributed by atoms with Crippen LogP contribution in [0.15, 0.2) is 36.1 Å². The number of hydroxylamine groups is 2. The summed E-state index contributed by atoms with van der Waals surface area (Å²) >= 11 is 0. The number of halogens is 1. The summed E-state index contributed by atoms with van der Waals surface area (Å²) in [5.41, 5.74) is 0.548. The van der Waals surface area contributed by atoms with E-state index in [0.717, 1.165) is 5.06 Å². The third-order valence-electron chi connectivity index (χ3n) is 4.51. The molecule has 0 spiro atoms. The molecule has 28 heavy (non-hydrogen) atoms. The number of amides is 2. The third kappa shape index (κ3) is 5.08. The minimum Gasteiger partial charge on any atom is -0.503 e. The number of nitrogens with one attached hydrogen (secondary N) is 1. The van der Waals surface area contributed by atoms with E-state index in [0.29, 0.717) is 37.3 Å². The molecule has 0 bridgehead atoms. The predicted octanol–water partition coefficient (Wildman–Crippen LogP) is 1.94. The Morgan fingerprint density at radius 2 is 1.93 bits per heavy atom. The summed E-state index contributed by atoms with van der Waals surface area (Å²) in [6, 6.07) is 5.31. The number of carbonyl (C=O) groups is 2. The molecular formula is C18H23FN2O6S. The lowest BCUT2D eigenvalue weighted by Crippen LogP contribution is -2.40. The Morgan fingerprint density at radius 3 is 2.43 bits per heavy atom. The van der Waals surface area contributed by atoms with Gasteiger partial charge in [0.2, 0.25) is 10.0 Å². The molecule has 0 heterocycles. The van der Waals surface area contributed by atoms with Gasteiger partial charge in [-0.25, -0.2) is 22.6 Å². The quantitative estimate of drug-likeness (QED) is 0.363. The summed E-state index contributed by atoms with van der Waals surface area (Å²) in [6.07, 6.45) is 2.51. The highest BCUT2D eigenvalue weighted by Crippen LogP contribution is 2.46. The highest BCUT2D eigenvalue weighted by Gasteiger charge is 2.54. The first-order valence-electron chi connectivity index (χ1n) is 8.71. The van der Waals surface area contributed by atoms with Gasteiger partial charge in [-0.3, -0.25) is 14.4 Å². The highest BCUT2D eigenvalue weighted by atomic mass is 32.2. The summed E-state index contributed by atoms with van der Waals surface area (Å²) in [7, 11) is -2.75. The Kier molecular flexibility index (Phi) is 6.78. The zero-order valence-electron chi connectivity index (χ0n) is 15.6. The predicted molar refractivity (Wildman–Crippen MR) is 98.6 cm³/mol. The fourth-order valence-electron chi connectivity index (χ4n) is 2.77. The van der Waals surface area contributed by atoms with E-state index < -0.39 is 38.2 Å². The number of benzene rings is 1. The smallest absolute Gasteiger partial charge is 0.299 e. The zero-order chi connectivity index (χ0) is 20.9. The van der Waals surface area contributed by atoms with Gasteiger partial charge in [0.15, 0.2) is 5.76 Å². The van der Waals surface area contributed by atoms with Gasteiger partial charge in [-0.2, -0.15) is 0 Å². The van der Waals surface area contributed by atoms with E-state index in [9.17, 15) is 27.5 Å². The van der Waals surface area contributed by atoms with Crippen LogP contribution in [-0.4, -0.2) is 42.3 Å². The summed E-state index contributed by atoms with van der Waals surface area (Å²) in [4.78, 5) is 29.1. The lowest BCUT2D eigenvalue weighted by molar-refractivity contribution is -0.173. The number of hydrogen-bond donors (Lipinski definition) is 2. The van der Waals surface area contributed by atoms with Gasteiger partial charge in [0.05, 0.1) is 24.5 Å². The van der Waals surface area contributed by atoms with Crippen LogP contribution in [0.4, 0.5) is 4.39 Å². The first-order valence-corrected chi connectivity index (χ1v) is 10.2. The molecule has 8 nitrogen and oxygen atoms in total. The van der Waals surface area contributed by atoms with Crippen LogP contribution in [0.3, 0.4) is 0 Å². The van der Waals surface area contributed by atoms with E-state index in [1.54, 1.807) is 0 Å². The second-order valence-corrected chi connectivity index (χ2v) is 8.66. The van der Waals surface area contributed by atoms with Crippen molar-refractivity contribution in [3.63, 3.8) is 0 Å². The Hall–Kier alpha value is -2.46. The molecule has 0 saturated heterocycles. The molecule has 154 valence electrons. The van der Waals surface area contributed by atoms with E-state index in [4.69, 9.17) is 4.84 Å². The van der Waals surface area contributed by atoms with Gasteiger partial charge in [0, 0.05) is 0 Å². The molecule has 1 aromatic rings. The molecule has 2 amide bonds.